The predicted molar refractivity (Wildman–Crippen MR) is 85.2 cm³/mol. The molecule has 130 valence electrons. The number of rotatable bonds is 4. The number of nitrogens with zero attached hydrogens (tertiary/aromatic N) is 3. The van der Waals surface area contributed by atoms with Crippen LogP contribution in [0.15, 0.2) is 28.6 Å². The van der Waals surface area contributed by atoms with Crippen LogP contribution in [-0.4, -0.2) is 9.49 Å². The number of thiazole rings is 1. The van der Waals surface area contributed by atoms with Gasteiger partial charge >= 0.3 is 6.18 Å². The van der Waals surface area contributed by atoms with Gasteiger partial charge in [-0.25, -0.2) is 4.99 Å². The largest absolute Gasteiger partial charge is 0.432 e. The molecule has 2 rings (SSSR count). The van der Waals surface area contributed by atoms with Gasteiger partial charge < -0.3 is 4.57 Å². The Kier molecular flexibility index (Phi) is 5.12. The minimum Gasteiger partial charge on any atom is -0.313 e. The topological polar surface area (TPSA) is 60.4 Å². The highest BCUT2D eigenvalue weighted by Gasteiger charge is 2.35. The van der Waals surface area contributed by atoms with Gasteiger partial charge in [-0.15, -0.1) is 11.3 Å². The second kappa shape index (κ2) is 6.76. The number of nitro benzene ring substituents is 1. The maximum Gasteiger partial charge on any atom is 0.432 e. The molecule has 0 radical (unpaired) electrons. The van der Waals surface area contributed by atoms with Crippen LogP contribution < -0.4 is 4.80 Å². The van der Waals surface area contributed by atoms with Crippen LogP contribution in [0.4, 0.5) is 24.5 Å². The lowest BCUT2D eigenvalue weighted by molar-refractivity contribution is -0.384. The number of benzene rings is 1. The molecular weight excluding hydrogens is 343 g/mol. The van der Waals surface area contributed by atoms with Gasteiger partial charge in [-0.3, -0.25) is 10.1 Å². The van der Waals surface area contributed by atoms with Crippen LogP contribution in [0, 0.1) is 23.0 Å². The predicted octanol–water partition coefficient (Wildman–Crippen LogP) is 4.67. The van der Waals surface area contributed by atoms with E-state index in [4.69, 9.17) is 0 Å². The Balaban J connectivity index is 2.57. The highest BCUT2D eigenvalue weighted by atomic mass is 32.1. The average Bonchev–Trinajstić information content (AvgIpc) is 2.83. The Bertz CT molecular complexity index is 822. The number of nitro groups is 1. The summed E-state index contributed by atoms with van der Waals surface area (Å²) in [7, 11) is 0. The summed E-state index contributed by atoms with van der Waals surface area (Å²) in [6, 6.07) is 4.08. The van der Waals surface area contributed by atoms with Crippen LogP contribution >= 0.6 is 11.3 Å². The van der Waals surface area contributed by atoms with Gasteiger partial charge in [-0.05, 0) is 24.5 Å². The summed E-state index contributed by atoms with van der Waals surface area (Å²) >= 11 is 0.901. The van der Waals surface area contributed by atoms with E-state index in [-0.39, 0.29) is 23.0 Å². The summed E-state index contributed by atoms with van der Waals surface area (Å²) in [5, 5.41) is 11.8. The van der Waals surface area contributed by atoms with E-state index in [1.165, 1.54) is 18.2 Å². The van der Waals surface area contributed by atoms with Crippen molar-refractivity contribution in [3.8, 4) is 0 Å². The first-order valence-corrected chi connectivity index (χ1v) is 8.03. The zero-order valence-electron chi connectivity index (χ0n) is 13.3. The van der Waals surface area contributed by atoms with Gasteiger partial charge in [0.2, 0.25) is 0 Å². The van der Waals surface area contributed by atoms with Crippen molar-refractivity contribution in [2.24, 2.45) is 10.9 Å². The summed E-state index contributed by atoms with van der Waals surface area (Å²) in [6.07, 6.45) is -4.45. The number of halogens is 3. The summed E-state index contributed by atoms with van der Waals surface area (Å²) in [5.74, 6) is 0.0117. The van der Waals surface area contributed by atoms with E-state index >= 15 is 0 Å². The van der Waals surface area contributed by atoms with Gasteiger partial charge in [0.1, 0.15) is 5.69 Å². The number of hydrogen-bond donors (Lipinski definition) is 0. The molecule has 5 nitrogen and oxygen atoms in total. The smallest absolute Gasteiger partial charge is 0.313 e. The molecule has 0 spiro atoms. The van der Waals surface area contributed by atoms with Gasteiger partial charge in [0.25, 0.3) is 5.69 Å². The Labute approximate surface area is 140 Å². The third-order valence-corrected chi connectivity index (χ3v) is 4.11. The molecule has 1 heterocycles. The van der Waals surface area contributed by atoms with Gasteiger partial charge in [-0.2, -0.15) is 13.2 Å². The number of aryl methyl sites for hydroxylation is 1. The van der Waals surface area contributed by atoms with Crippen molar-refractivity contribution in [1.29, 1.82) is 0 Å². The quantitative estimate of drug-likeness (QED) is 0.588. The minimum absolute atomic E-state index is 0.0117. The van der Waals surface area contributed by atoms with Crippen molar-refractivity contribution in [1.82, 2.24) is 4.57 Å². The number of aromatic nitrogens is 1. The van der Waals surface area contributed by atoms with Crippen LogP contribution in [0.5, 0.6) is 0 Å². The lowest BCUT2D eigenvalue weighted by atomic mass is 10.2. The van der Waals surface area contributed by atoms with Crippen LogP contribution in [0.3, 0.4) is 0 Å². The monoisotopic (exact) mass is 359 g/mol. The van der Waals surface area contributed by atoms with Crippen LogP contribution in [0.2, 0.25) is 0 Å². The fourth-order valence-electron chi connectivity index (χ4n) is 2.17. The van der Waals surface area contributed by atoms with Crippen molar-refractivity contribution < 1.29 is 18.1 Å². The third-order valence-electron chi connectivity index (χ3n) is 3.24. The normalized spacial score (nSPS) is 12.9. The molecule has 1 aromatic heterocycles. The van der Waals surface area contributed by atoms with Crippen molar-refractivity contribution in [2.75, 3.05) is 0 Å². The Hall–Kier alpha value is -2.16. The fourth-order valence-corrected chi connectivity index (χ4v) is 3.10. The molecule has 0 unspecified atom stereocenters. The fraction of sp³-hybridized carbons (Fsp3) is 0.400. The van der Waals surface area contributed by atoms with E-state index in [9.17, 15) is 23.3 Å². The number of hydrogen-bond acceptors (Lipinski definition) is 4. The van der Waals surface area contributed by atoms with Crippen molar-refractivity contribution in [3.63, 3.8) is 0 Å². The maximum absolute atomic E-state index is 13.1. The standard InChI is InChI=1S/C15H16F3N3O2S/c1-9(2)7-20-13(15(16,17)18)8-24-14(20)19-12-5-4-11(21(22)23)6-10(12)3/h4-6,8-9H,7H2,1-3H3. The zero-order valence-corrected chi connectivity index (χ0v) is 14.1. The van der Waals surface area contributed by atoms with E-state index in [2.05, 4.69) is 4.99 Å². The van der Waals surface area contributed by atoms with Crippen molar-refractivity contribution in [3.05, 3.63) is 49.8 Å². The highest BCUT2D eigenvalue weighted by molar-refractivity contribution is 7.07. The van der Waals surface area contributed by atoms with Gasteiger partial charge in [-0.1, -0.05) is 13.8 Å². The molecular formula is C15H16F3N3O2S. The third kappa shape index (κ3) is 4.02. The van der Waals surface area contributed by atoms with E-state index in [0.29, 0.717) is 11.3 Å². The van der Waals surface area contributed by atoms with Crippen LogP contribution in [-0.2, 0) is 12.7 Å². The Morgan fingerprint density at radius 2 is 2.04 bits per heavy atom. The molecule has 0 saturated carbocycles. The second-order valence-corrected chi connectivity index (χ2v) is 6.58. The number of non-ortho nitro benzene ring substituents is 1. The first-order chi connectivity index (χ1) is 11.1. The van der Waals surface area contributed by atoms with E-state index in [1.54, 1.807) is 6.92 Å². The van der Waals surface area contributed by atoms with Crippen LogP contribution in [0.25, 0.3) is 0 Å². The lowest BCUT2D eigenvalue weighted by Crippen LogP contribution is -2.24. The molecule has 1 aromatic carbocycles. The average molecular weight is 359 g/mol. The lowest BCUT2D eigenvalue weighted by Gasteiger charge is -2.13. The first kappa shape index (κ1) is 18.2. The molecule has 0 fully saturated rings. The minimum atomic E-state index is -4.45. The van der Waals surface area contributed by atoms with Gasteiger partial charge in [0.05, 0.1) is 10.6 Å². The van der Waals surface area contributed by atoms with E-state index in [1.807, 2.05) is 13.8 Å². The summed E-state index contributed by atoms with van der Waals surface area (Å²) in [6.45, 7) is 5.47. The Morgan fingerprint density at radius 3 is 2.54 bits per heavy atom. The molecule has 0 atom stereocenters. The number of alkyl halides is 3. The molecule has 0 aliphatic heterocycles. The molecule has 0 bridgehead atoms. The summed E-state index contributed by atoms with van der Waals surface area (Å²) < 4.78 is 40.6. The van der Waals surface area contributed by atoms with Gasteiger partial charge in [0, 0.05) is 24.1 Å². The molecule has 0 saturated heterocycles. The molecule has 9 heteroatoms. The van der Waals surface area contributed by atoms with E-state index < -0.39 is 16.8 Å². The van der Waals surface area contributed by atoms with Crippen LogP contribution in [0.1, 0.15) is 25.1 Å². The van der Waals surface area contributed by atoms with Crippen molar-refractivity contribution >= 4 is 22.7 Å². The maximum atomic E-state index is 13.1. The molecule has 24 heavy (non-hydrogen) atoms. The molecule has 0 amide bonds. The van der Waals surface area contributed by atoms with Gasteiger partial charge in [0.15, 0.2) is 4.80 Å². The van der Waals surface area contributed by atoms with Crippen molar-refractivity contribution in [2.45, 2.75) is 33.5 Å². The molecule has 0 aliphatic carbocycles. The Morgan fingerprint density at radius 1 is 1.38 bits per heavy atom. The van der Waals surface area contributed by atoms with E-state index in [0.717, 1.165) is 21.3 Å². The molecule has 0 N–H and O–H groups in total. The summed E-state index contributed by atoms with van der Waals surface area (Å²) in [5.41, 5.74) is 0.124. The zero-order chi connectivity index (χ0) is 18.1. The second-order valence-electron chi connectivity index (χ2n) is 5.75. The molecule has 0 aliphatic rings. The summed E-state index contributed by atoms with van der Waals surface area (Å²) in [4.78, 5) is 14.7. The first-order valence-electron chi connectivity index (χ1n) is 7.15. The molecule has 2 aromatic rings. The SMILES string of the molecule is Cc1cc([N+](=O)[O-])ccc1N=c1scc(C(F)(F)F)n1CC(C)C. The highest BCUT2D eigenvalue weighted by Crippen LogP contribution is 2.30.